The van der Waals surface area contributed by atoms with Gasteiger partial charge in [-0.3, -0.25) is 4.79 Å². The Morgan fingerprint density at radius 2 is 1.83 bits per heavy atom. The van der Waals surface area contributed by atoms with E-state index in [0.29, 0.717) is 5.56 Å². The second-order valence-corrected chi connectivity index (χ2v) is 7.24. The molecular weight excluding hydrogens is 372 g/mol. The smallest absolute Gasteiger partial charge is 0.244 e. The molecule has 1 unspecified atom stereocenters. The van der Waals surface area contributed by atoms with Crippen molar-refractivity contribution in [2.24, 2.45) is 0 Å². The highest BCUT2D eigenvalue weighted by Gasteiger charge is 2.21. The molecule has 1 saturated heterocycles. The lowest BCUT2D eigenvalue weighted by molar-refractivity contribution is -0.117. The first kappa shape index (κ1) is 21.0. The van der Waals surface area contributed by atoms with Gasteiger partial charge in [0.05, 0.1) is 6.04 Å². The first-order chi connectivity index (χ1) is 14.0. The van der Waals surface area contributed by atoms with Gasteiger partial charge in [0.25, 0.3) is 0 Å². The lowest BCUT2D eigenvalue weighted by Gasteiger charge is -2.37. The van der Waals surface area contributed by atoms with E-state index in [0.717, 1.165) is 44.0 Å². The topological polar surface area (TPSA) is 35.6 Å². The molecule has 6 heteroatoms. The molecule has 0 spiro atoms. The monoisotopic (exact) mass is 399 g/mol. The molecule has 1 aliphatic rings. The normalized spacial score (nSPS) is 16.2. The van der Waals surface area contributed by atoms with Crippen molar-refractivity contribution in [3.05, 3.63) is 71.3 Å². The predicted octanol–water partition coefficient (Wildman–Crippen LogP) is 4.00. The van der Waals surface area contributed by atoms with Crippen molar-refractivity contribution in [1.29, 1.82) is 0 Å². The fourth-order valence-corrected chi connectivity index (χ4v) is 3.59. The summed E-state index contributed by atoms with van der Waals surface area (Å²) in [4.78, 5) is 17.0. The zero-order valence-corrected chi connectivity index (χ0v) is 16.9. The van der Waals surface area contributed by atoms with E-state index < -0.39 is 0 Å². The quantitative estimate of drug-likeness (QED) is 0.746. The average Bonchev–Trinajstić information content (AvgIpc) is 2.72. The predicted molar refractivity (Wildman–Crippen MR) is 113 cm³/mol. The number of carbonyl (C=O) groups excluding carboxylic acids is 1. The van der Waals surface area contributed by atoms with E-state index in [1.54, 1.807) is 24.3 Å². The van der Waals surface area contributed by atoms with Crippen LogP contribution >= 0.6 is 0 Å². The van der Waals surface area contributed by atoms with Crippen LogP contribution < -0.4 is 10.2 Å². The number of amides is 1. The van der Waals surface area contributed by atoms with Crippen LogP contribution in [0.3, 0.4) is 0 Å². The number of hydrogen-bond donors (Lipinski definition) is 1. The van der Waals surface area contributed by atoms with Crippen LogP contribution in [0.4, 0.5) is 14.5 Å². The summed E-state index contributed by atoms with van der Waals surface area (Å²) in [6.45, 7) is 8.67. The summed E-state index contributed by atoms with van der Waals surface area (Å²) in [5, 5.41) is 2.88. The van der Waals surface area contributed by atoms with Crippen molar-refractivity contribution in [3.63, 3.8) is 0 Å². The maximum absolute atomic E-state index is 13.9. The summed E-state index contributed by atoms with van der Waals surface area (Å²) in [6.07, 6.45) is 2.92. The number of carbonyl (C=O) groups is 1. The van der Waals surface area contributed by atoms with Crippen LogP contribution in [0.25, 0.3) is 6.08 Å². The Hall–Kier alpha value is -2.73. The zero-order chi connectivity index (χ0) is 20.8. The van der Waals surface area contributed by atoms with Crippen molar-refractivity contribution in [3.8, 4) is 0 Å². The maximum atomic E-state index is 13.9. The fourth-order valence-electron chi connectivity index (χ4n) is 3.59. The van der Waals surface area contributed by atoms with E-state index in [2.05, 4.69) is 22.0 Å². The number of hydrogen-bond acceptors (Lipinski definition) is 3. The molecule has 154 valence electrons. The van der Waals surface area contributed by atoms with E-state index in [9.17, 15) is 13.6 Å². The van der Waals surface area contributed by atoms with Crippen LogP contribution in [-0.4, -0.2) is 43.5 Å². The van der Waals surface area contributed by atoms with Gasteiger partial charge >= 0.3 is 0 Å². The van der Waals surface area contributed by atoms with Crippen molar-refractivity contribution in [2.45, 2.75) is 19.9 Å². The molecule has 2 aromatic carbocycles. The average molecular weight is 399 g/mol. The van der Waals surface area contributed by atoms with Gasteiger partial charge < -0.3 is 15.1 Å². The van der Waals surface area contributed by atoms with Crippen molar-refractivity contribution >= 4 is 17.7 Å². The highest BCUT2D eigenvalue weighted by molar-refractivity contribution is 5.92. The molecule has 0 aliphatic carbocycles. The Labute approximate surface area is 170 Å². The van der Waals surface area contributed by atoms with Gasteiger partial charge in [-0.1, -0.05) is 19.1 Å². The third kappa shape index (κ3) is 5.64. The minimum atomic E-state index is -0.366. The summed E-state index contributed by atoms with van der Waals surface area (Å²) in [7, 11) is 0. The van der Waals surface area contributed by atoms with Gasteiger partial charge in [0.15, 0.2) is 0 Å². The van der Waals surface area contributed by atoms with Crippen LogP contribution in [0.5, 0.6) is 0 Å². The van der Waals surface area contributed by atoms with Gasteiger partial charge in [-0.2, -0.15) is 0 Å². The van der Waals surface area contributed by atoms with Gasteiger partial charge in [-0.15, -0.1) is 0 Å². The second-order valence-electron chi connectivity index (χ2n) is 7.24. The Morgan fingerprint density at radius 3 is 2.52 bits per heavy atom. The highest BCUT2D eigenvalue weighted by Crippen LogP contribution is 2.28. The van der Waals surface area contributed by atoms with Crippen LogP contribution in [0, 0.1) is 11.6 Å². The molecule has 1 aliphatic heterocycles. The van der Waals surface area contributed by atoms with Crippen LogP contribution in [-0.2, 0) is 4.79 Å². The first-order valence-electron chi connectivity index (χ1n) is 9.97. The molecule has 29 heavy (non-hydrogen) atoms. The van der Waals surface area contributed by atoms with Crippen LogP contribution in [0.2, 0.25) is 0 Å². The number of piperazine rings is 1. The minimum absolute atomic E-state index is 0.312. The molecular formula is C23H27F2N3O. The van der Waals surface area contributed by atoms with Gasteiger partial charge in [-0.05, 0) is 55.4 Å². The number of nitrogens with one attached hydrogen (secondary N) is 1. The molecule has 4 nitrogen and oxygen atoms in total. The summed E-state index contributed by atoms with van der Waals surface area (Å²) in [5.41, 5.74) is 2.31. The lowest BCUT2D eigenvalue weighted by atomic mass is 10.0. The molecule has 1 atom stereocenters. The third-order valence-corrected chi connectivity index (χ3v) is 5.25. The van der Waals surface area contributed by atoms with E-state index in [4.69, 9.17) is 0 Å². The van der Waals surface area contributed by atoms with Crippen LogP contribution in [0.15, 0.2) is 48.5 Å². The summed E-state index contributed by atoms with van der Waals surface area (Å²) in [5.74, 6) is -0.992. The SMILES string of the molecule is CCN1CCN(c2ccc(F)cc2C(C)NC(=O)/C=C/c2cccc(F)c2)CC1. The number of benzene rings is 2. The summed E-state index contributed by atoms with van der Waals surface area (Å²) < 4.78 is 27.2. The summed E-state index contributed by atoms with van der Waals surface area (Å²) in [6, 6.07) is 10.4. The van der Waals surface area contributed by atoms with E-state index in [1.807, 2.05) is 6.92 Å². The largest absolute Gasteiger partial charge is 0.369 e. The van der Waals surface area contributed by atoms with E-state index in [1.165, 1.54) is 30.3 Å². The number of anilines is 1. The fraction of sp³-hybridized carbons (Fsp3) is 0.348. The van der Waals surface area contributed by atoms with Crippen molar-refractivity contribution < 1.29 is 13.6 Å². The standard InChI is InChI=1S/C23H27F2N3O/c1-3-27-11-13-28(14-12-27)22-9-8-20(25)16-21(22)17(2)26-23(29)10-7-18-5-4-6-19(24)15-18/h4-10,15-17H,3,11-14H2,1-2H3,(H,26,29)/b10-7+. The van der Waals surface area contributed by atoms with Crippen LogP contribution in [0.1, 0.15) is 31.0 Å². The molecule has 2 aromatic rings. The molecule has 0 saturated carbocycles. The van der Waals surface area contributed by atoms with Crippen molar-refractivity contribution in [2.75, 3.05) is 37.6 Å². The van der Waals surface area contributed by atoms with Gasteiger partial charge in [-0.25, -0.2) is 8.78 Å². The van der Waals surface area contributed by atoms with E-state index >= 15 is 0 Å². The van der Waals surface area contributed by atoms with Gasteiger partial charge in [0, 0.05) is 43.5 Å². The van der Waals surface area contributed by atoms with Crippen molar-refractivity contribution in [1.82, 2.24) is 10.2 Å². The highest BCUT2D eigenvalue weighted by atomic mass is 19.1. The first-order valence-corrected chi connectivity index (χ1v) is 9.97. The molecule has 1 heterocycles. The molecule has 0 radical (unpaired) electrons. The Kier molecular flexibility index (Phi) is 6.99. The molecule has 1 fully saturated rings. The third-order valence-electron chi connectivity index (χ3n) is 5.25. The Bertz CT molecular complexity index is 876. The number of rotatable bonds is 6. The molecule has 1 N–H and O–H groups in total. The summed E-state index contributed by atoms with van der Waals surface area (Å²) >= 11 is 0. The van der Waals surface area contributed by atoms with Gasteiger partial charge in [0.1, 0.15) is 11.6 Å². The Morgan fingerprint density at radius 1 is 1.10 bits per heavy atom. The number of halogens is 2. The zero-order valence-electron chi connectivity index (χ0n) is 16.9. The lowest BCUT2D eigenvalue weighted by Crippen LogP contribution is -2.46. The van der Waals surface area contributed by atoms with E-state index in [-0.39, 0.29) is 23.6 Å². The molecule has 1 amide bonds. The minimum Gasteiger partial charge on any atom is -0.369 e. The molecule has 0 aromatic heterocycles. The maximum Gasteiger partial charge on any atom is 0.244 e. The Balaban J connectivity index is 1.70. The second kappa shape index (κ2) is 9.65. The molecule has 0 bridgehead atoms. The van der Waals surface area contributed by atoms with Gasteiger partial charge in [0.2, 0.25) is 5.91 Å². The number of likely N-dealkylation sites (N-methyl/N-ethyl adjacent to an activating group) is 1. The molecule has 3 rings (SSSR count). The number of nitrogens with zero attached hydrogens (tertiary/aromatic N) is 2.